The maximum atomic E-state index is 13.1. The lowest BCUT2D eigenvalue weighted by atomic mass is 9.49. The molecule has 0 unspecified atom stereocenters. The van der Waals surface area contributed by atoms with Crippen molar-refractivity contribution in [2.75, 3.05) is 6.61 Å². The molecule has 4 saturated carbocycles. The van der Waals surface area contributed by atoms with Gasteiger partial charge in [-0.1, -0.05) is 41.1 Å². The van der Waals surface area contributed by atoms with Crippen LogP contribution >= 0.6 is 15.9 Å². The quantitative estimate of drug-likeness (QED) is 0.392. The lowest BCUT2D eigenvalue weighted by molar-refractivity contribution is -0.168. The number of aromatic nitrogens is 1. The van der Waals surface area contributed by atoms with Crippen molar-refractivity contribution in [3.63, 3.8) is 0 Å². The van der Waals surface area contributed by atoms with E-state index in [0.29, 0.717) is 17.4 Å². The Hall–Kier alpha value is -1.62. The van der Waals surface area contributed by atoms with Crippen molar-refractivity contribution in [1.82, 2.24) is 4.98 Å². The van der Waals surface area contributed by atoms with Crippen molar-refractivity contribution in [3.05, 3.63) is 35.5 Å². The first-order chi connectivity index (χ1) is 13.4. The lowest BCUT2D eigenvalue weighted by Crippen LogP contribution is -2.56. The largest absolute Gasteiger partial charge is 0.457 e. The summed E-state index contributed by atoms with van der Waals surface area (Å²) in [6, 6.07) is 5.99. The summed E-state index contributed by atoms with van der Waals surface area (Å²) in [7, 11) is 0. The fourth-order valence-electron chi connectivity index (χ4n) is 6.49. The third-order valence-corrected chi connectivity index (χ3v) is 8.17. The minimum atomic E-state index is -0.385. The summed E-state index contributed by atoms with van der Waals surface area (Å²) in [4.78, 5) is 29.1. The second kappa shape index (κ2) is 6.45. The van der Waals surface area contributed by atoms with Crippen LogP contribution in [0.15, 0.2) is 24.4 Å². The zero-order valence-corrected chi connectivity index (χ0v) is 17.8. The van der Waals surface area contributed by atoms with Gasteiger partial charge in [-0.15, -0.1) is 0 Å². The molecule has 0 amide bonds. The summed E-state index contributed by atoms with van der Waals surface area (Å²) >= 11 is 3.93. The molecule has 0 radical (unpaired) electrons. The molecule has 0 aliphatic heterocycles. The van der Waals surface area contributed by atoms with Crippen LogP contribution in [-0.4, -0.2) is 27.7 Å². The molecule has 1 N–H and O–H groups in total. The highest BCUT2D eigenvalue weighted by molar-refractivity contribution is 9.10. The Bertz CT molecular complexity index is 948. The predicted octanol–water partition coefficient (Wildman–Crippen LogP) is 5.19. The standard InChI is InChI=1S/C23H26BrNO3/c1-2-16-4-3-5-17-18(11-25-20(16)17)19(26)12-28-21(27)22-7-14-6-15(8-22)10-23(24,9-14)13-22/h3-5,11,14-15,25H,2,6-10,12-13H2,1H3/t14-,15-,22?,23?/m1/s1. The van der Waals surface area contributed by atoms with Crippen LogP contribution in [0.4, 0.5) is 0 Å². The highest BCUT2D eigenvalue weighted by Gasteiger charge is 2.60. The van der Waals surface area contributed by atoms with Gasteiger partial charge in [-0.3, -0.25) is 9.59 Å². The number of benzene rings is 1. The summed E-state index contributed by atoms with van der Waals surface area (Å²) in [6.45, 7) is 1.93. The minimum absolute atomic E-state index is 0.105. The summed E-state index contributed by atoms with van der Waals surface area (Å²) in [5.74, 6) is 0.939. The molecule has 2 aromatic rings. The number of ketones is 1. The molecule has 6 rings (SSSR count). The molecule has 4 bridgehead atoms. The van der Waals surface area contributed by atoms with E-state index in [0.717, 1.165) is 36.6 Å². The molecule has 2 atom stereocenters. The van der Waals surface area contributed by atoms with E-state index in [1.807, 2.05) is 12.1 Å². The third-order valence-electron chi connectivity index (χ3n) is 7.24. The number of H-pyrrole nitrogens is 1. The van der Waals surface area contributed by atoms with Crippen LogP contribution in [0.5, 0.6) is 0 Å². The number of halogens is 1. The Kier molecular flexibility index (Phi) is 4.24. The van der Waals surface area contributed by atoms with Crippen LogP contribution in [-0.2, 0) is 16.0 Å². The van der Waals surface area contributed by atoms with Crippen LogP contribution in [0.1, 0.15) is 61.4 Å². The molecular weight excluding hydrogens is 418 g/mol. The van der Waals surface area contributed by atoms with Gasteiger partial charge in [-0.2, -0.15) is 0 Å². The number of hydrogen-bond donors (Lipinski definition) is 1. The number of Topliss-reactive ketones (excluding diaryl/α,β-unsaturated/α-hetero) is 1. The zero-order valence-electron chi connectivity index (χ0n) is 16.2. The van der Waals surface area contributed by atoms with Gasteiger partial charge in [0.05, 0.1) is 5.41 Å². The molecule has 0 spiro atoms. The van der Waals surface area contributed by atoms with Crippen LogP contribution < -0.4 is 0 Å². The average Bonchev–Trinajstić information content (AvgIpc) is 3.08. The van der Waals surface area contributed by atoms with Crippen molar-refractivity contribution in [3.8, 4) is 0 Å². The fourth-order valence-corrected chi connectivity index (χ4v) is 7.95. The first-order valence-corrected chi connectivity index (χ1v) is 11.2. The SMILES string of the molecule is CCc1cccc2c(C(=O)COC(=O)C34C[C@H]5C[C@@H](CC(Br)(C5)C3)C4)c[nH]c12. The Labute approximate surface area is 173 Å². The minimum Gasteiger partial charge on any atom is -0.457 e. The lowest BCUT2D eigenvalue weighted by Gasteiger charge is -2.58. The van der Waals surface area contributed by atoms with E-state index >= 15 is 0 Å². The second-order valence-corrected chi connectivity index (χ2v) is 11.0. The Balaban J connectivity index is 1.32. The number of nitrogens with one attached hydrogen (secondary N) is 1. The van der Waals surface area contributed by atoms with Gasteiger partial charge >= 0.3 is 5.97 Å². The zero-order chi connectivity index (χ0) is 19.5. The van der Waals surface area contributed by atoms with Gasteiger partial charge in [0, 0.05) is 27.0 Å². The number of alkyl halides is 1. The summed E-state index contributed by atoms with van der Waals surface area (Å²) < 4.78 is 5.74. The van der Waals surface area contributed by atoms with Gasteiger partial charge in [-0.05, 0) is 62.3 Å². The van der Waals surface area contributed by atoms with Gasteiger partial charge < -0.3 is 9.72 Å². The summed E-state index contributed by atoms with van der Waals surface area (Å²) in [6.07, 6.45) is 8.95. The first-order valence-electron chi connectivity index (χ1n) is 10.4. The van der Waals surface area contributed by atoms with Gasteiger partial charge in [0.15, 0.2) is 6.61 Å². The van der Waals surface area contributed by atoms with E-state index in [1.165, 1.54) is 24.8 Å². The molecule has 5 heteroatoms. The molecule has 1 aromatic heterocycles. The van der Waals surface area contributed by atoms with Crippen molar-refractivity contribution in [1.29, 1.82) is 0 Å². The molecule has 4 nitrogen and oxygen atoms in total. The molecular formula is C23H26BrNO3. The maximum Gasteiger partial charge on any atom is 0.312 e. The molecule has 4 aliphatic carbocycles. The number of rotatable bonds is 5. The highest BCUT2D eigenvalue weighted by atomic mass is 79.9. The number of esters is 1. The number of fused-ring (bicyclic) bond motifs is 1. The van der Waals surface area contributed by atoms with Gasteiger partial charge in [-0.25, -0.2) is 0 Å². The first kappa shape index (κ1) is 18.4. The number of aromatic amines is 1. The predicted molar refractivity (Wildman–Crippen MR) is 112 cm³/mol. The topological polar surface area (TPSA) is 59.2 Å². The van der Waals surface area contributed by atoms with E-state index < -0.39 is 0 Å². The smallest absolute Gasteiger partial charge is 0.312 e. The normalized spacial score (nSPS) is 33.4. The molecule has 148 valence electrons. The van der Waals surface area contributed by atoms with Crippen LogP contribution in [0.3, 0.4) is 0 Å². The Morgan fingerprint density at radius 3 is 2.64 bits per heavy atom. The second-order valence-electron chi connectivity index (χ2n) is 9.29. The summed E-state index contributed by atoms with van der Waals surface area (Å²) in [5, 5.41) is 0.912. The van der Waals surface area contributed by atoms with Gasteiger partial charge in [0.1, 0.15) is 0 Å². The molecule has 4 fully saturated rings. The number of carbonyl (C=O) groups excluding carboxylic acids is 2. The van der Waals surface area contributed by atoms with Crippen molar-refractivity contribution in [2.24, 2.45) is 17.3 Å². The van der Waals surface area contributed by atoms with E-state index in [2.05, 4.69) is 33.9 Å². The fraction of sp³-hybridized carbons (Fsp3) is 0.565. The number of hydrogen-bond acceptors (Lipinski definition) is 3. The molecule has 0 saturated heterocycles. The maximum absolute atomic E-state index is 13.1. The van der Waals surface area contributed by atoms with Crippen molar-refractivity contribution >= 4 is 38.6 Å². The molecule has 1 aromatic carbocycles. The number of carbonyl (C=O) groups is 2. The van der Waals surface area contributed by atoms with Crippen molar-refractivity contribution in [2.45, 2.75) is 56.2 Å². The average molecular weight is 444 g/mol. The molecule has 4 aliphatic rings. The Morgan fingerprint density at radius 1 is 1.21 bits per heavy atom. The van der Waals surface area contributed by atoms with E-state index in [9.17, 15) is 9.59 Å². The van der Waals surface area contributed by atoms with E-state index in [1.54, 1.807) is 6.20 Å². The van der Waals surface area contributed by atoms with E-state index in [4.69, 9.17) is 4.74 Å². The highest BCUT2D eigenvalue weighted by Crippen LogP contribution is 2.64. The van der Waals surface area contributed by atoms with Gasteiger partial charge in [0.25, 0.3) is 0 Å². The third kappa shape index (κ3) is 2.85. The Morgan fingerprint density at radius 2 is 1.96 bits per heavy atom. The number of aryl methyl sites for hydroxylation is 1. The van der Waals surface area contributed by atoms with Crippen LogP contribution in [0.25, 0.3) is 10.9 Å². The number of ether oxygens (including phenoxy) is 1. The molecule has 1 heterocycles. The van der Waals surface area contributed by atoms with Crippen molar-refractivity contribution < 1.29 is 14.3 Å². The van der Waals surface area contributed by atoms with Gasteiger partial charge in [0.2, 0.25) is 5.78 Å². The molecule has 28 heavy (non-hydrogen) atoms. The van der Waals surface area contributed by atoms with Crippen LogP contribution in [0, 0.1) is 17.3 Å². The summed E-state index contributed by atoms with van der Waals surface area (Å²) in [5.41, 5.74) is 2.41. The monoisotopic (exact) mass is 443 g/mol. The van der Waals surface area contributed by atoms with E-state index in [-0.39, 0.29) is 28.1 Å². The number of para-hydroxylation sites is 1. The van der Waals surface area contributed by atoms with Crippen LogP contribution in [0.2, 0.25) is 0 Å².